The van der Waals surface area contributed by atoms with Gasteiger partial charge in [0.1, 0.15) is 5.69 Å². The van der Waals surface area contributed by atoms with Crippen molar-refractivity contribution in [3.8, 4) is 0 Å². The van der Waals surface area contributed by atoms with Gasteiger partial charge < -0.3 is 14.6 Å². The molecule has 0 saturated heterocycles. The van der Waals surface area contributed by atoms with Gasteiger partial charge in [0.15, 0.2) is 0 Å². The van der Waals surface area contributed by atoms with Crippen molar-refractivity contribution in [1.29, 1.82) is 0 Å². The number of carbonyl (C=O) groups is 1. The number of hydrogen-bond donors (Lipinski definition) is 1. The van der Waals surface area contributed by atoms with Gasteiger partial charge >= 0.3 is 0 Å². The molecule has 0 radical (unpaired) electrons. The van der Waals surface area contributed by atoms with Crippen LogP contribution in [0.1, 0.15) is 31.3 Å². The summed E-state index contributed by atoms with van der Waals surface area (Å²) in [6.45, 7) is 6.98. The predicted octanol–water partition coefficient (Wildman–Crippen LogP) is 2.11. The molecule has 0 unspecified atom stereocenters. The zero-order valence-electron chi connectivity index (χ0n) is 10.5. The summed E-state index contributed by atoms with van der Waals surface area (Å²) in [5, 5.41) is 9.00. The molecule has 1 aromatic heterocycles. The van der Waals surface area contributed by atoms with E-state index in [2.05, 4.69) is 15.9 Å². The maximum absolute atomic E-state index is 12.3. The summed E-state index contributed by atoms with van der Waals surface area (Å²) < 4.78 is 2.80. The van der Waals surface area contributed by atoms with Gasteiger partial charge in [-0.25, -0.2) is 0 Å². The molecule has 1 aromatic rings. The van der Waals surface area contributed by atoms with Crippen LogP contribution in [0.2, 0.25) is 0 Å². The maximum Gasteiger partial charge on any atom is 0.270 e. The summed E-state index contributed by atoms with van der Waals surface area (Å²) in [6.07, 6.45) is 1.89. The van der Waals surface area contributed by atoms with E-state index >= 15 is 0 Å². The van der Waals surface area contributed by atoms with Crippen LogP contribution in [0.3, 0.4) is 0 Å². The van der Waals surface area contributed by atoms with E-state index in [1.54, 1.807) is 4.90 Å². The second-order valence-electron chi connectivity index (χ2n) is 4.15. The summed E-state index contributed by atoms with van der Waals surface area (Å²) in [6, 6.07) is 1.90. The topological polar surface area (TPSA) is 45.5 Å². The number of rotatable bonds is 5. The Morgan fingerprint density at radius 2 is 2.24 bits per heavy atom. The lowest BCUT2D eigenvalue weighted by molar-refractivity contribution is 0.0654. The summed E-state index contributed by atoms with van der Waals surface area (Å²) in [5.41, 5.74) is 0.654. The Labute approximate surface area is 110 Å². The molecule has 1 heterocycles. The highest BCUT2D eigenvalue weighted by Gasteiger charge is 2.21. The van der Waals surface area contributed by atoms with Crippen LogP contribution in [0.5, 0.6) is 0 Å². The van der Waals surface area contributed by atoms with Crippen molar-refractivity contribution in [3.05, 3.63) is 22.4 Å². The molecule has 0 aliphatic heterocycles. The lowest BCUT2D eigenvalue weighted by atomic mass is 10.2. The van der Waals surface area contributed by atoms with Crippen LogP contribution in [0.15, 0.2) is 16.7 Å². The average molecular weight is 303 g/mol. The quantitative estimate of drug-likeness (QED) is 0.905. The molecule has 1 N–H and O–H groups in total. The summed E-state index contributed by atoms with van der Waals surface area (Å²) in [7, 11) is 0. The van der Waals surface area contributed by atoms with Gasteiger partial charge in [-0.2, -0.15) is 0 Å². The van der Waals surface area contributed by atoms with Gasteiger partial charge in [-0.3, -0.25) is 4.79 Å². The van der Waals surface area contributed by atoms with Crippen molar-refractivity contribution in [2.75, 3.05) is 13.2 Å². The lowest BCUT2D eigenvalue weighted by Crippen LogP contribution is -2.39. The smallest absolute Gasteiger partial charge is 0.270 e. The fourth-order valence-electron chi connectivity index (χ4n) is 1.76. The third-order valence-corrected chi connectivity index (χ3v) is 3.08. The monoisotopic (exact) mass is 302 g/mol. The molecule has 0 atom stereocenters. The molecule has 17 heavy (non-hydrogen) atoms. The molecule has 0 saturated carbocycles. The van der Waals surface area contributed by atoms with E-state index in [9.17, 15) is 4.79 Å². The van der Waals surface area contributed by atoms with Crippen LogP contribution in [0, 0.1) is 0 Å². The van der Waals surface area contributed by atoms with Crippen molar-refractivity contribution in [1.82, 2.24) is 9.47 Å². The van der Waals surface area contributed by atoms with Crippen molar-refractivity contribution < 1.29 is 9.90 Å². The van der Waals surface area contributed by atoms with E-state index in [1.807, 2.05) is 37.6 Å². The highest BCUT2D eigenvalue weighted by Crippen LogP contribution is 2.17. The molecule has 1 rings (SSSR count). The standard InChI is InChI=1S/C12H19BrN2O2/c1-4-14-8-10(13)7-11(14)12(17)15(5-6-16)9(2)3/h7-9,16H,4-6H2,1-3H3. The van der Waals surface area contributed by atoms with E-state index in [0.29, 0.717) is 12.2 Å². The van der Waals surface area contributed by atoms with Gasteiger partial charge in [-0.1, -0.05) is 0 Å². The Morgan fingerprint density at radius 3 is 2.71 bits per heavy atom. The van der Waals surface area contributed by atoms with E-state index in [-0.39, 0.29) is 18.6 Å². The molecule has 1 amide bonds. The van der Waals surface area contributed by atoms with Gasteiger partial charge in [0.05, 0.1) is 6.61 Å². The maximum atomic E-state index is 12.3. The zero-order chi connectivity index (χ0) is 13.0. The number of aliphatic hydroxyl groups excluding tert-OH is 1. The van der Waals surface area contributed by atoms with Crippen molar-refractivity contribution in [2.24, 2.45) is 0 Å². The largest absolute Gasteiger partial charge is 0.395 e. The number of amides is 1. The third kappa shape index (κ3) is 3.33. The molecule has 0 fully saturated rings. The number of aryl methyl sites for hydroxylation is 1. The van der Waals surface area contributed by atoms with Gasteiger partial charge in [-0.05, 0) is 42.8 Å². The number of nitrogens with zero attached hydrogens (tertiary/aromatic N) is 2. The Balaban J connectivity index is 3.00. The number of hydrogen-bond acceptors (Lipinski definition) is 2. The van der Waals surface area contributed by atoms with Crippen LogP contribution < -0.4 is 0 Å². The summed E-state index contributed by atoms with van der Waals surface area (Å²) in [4.78, 5) is 14.0. The predicted molar refractivity (Wildman–Crippen MR) is 71.1 cm³/mol. The van der Waals surface area contributed by atoms with Crippen molar-refractivity contribution in [3.63, 3.8) is 0 Å². The fourth-order valence-corrected chi connectivity index (χ4v) is 2.23. The van der Waals surface area contributed by atoms with E-state index in [1.165, 1.54) is 0 Å². The second-order valence-corrected chi connectivity index (χ2v) is 5.06. The number of carbonyl (C=O) groups excluding carboxylic acids is 1. The number of aromatic nitrogens is 1. The first-order valence-corrected chi connectivity index (χ1v) is 6.58. The highest BCUT2D eigenvalue weighted by molar-refractivity contribution is 9.10. The normalized spacial score (nSPS) is 10.9. The minimum absolute atomic E-state index is 0.0159. The summed E-state index contributed by atoms with van der Waals surface area (Å²) in [5.74, 6) is -0.0402. The zero-order valence-corrected chi connectivity index (χ0v) is 12.1. The molecular formula is C12H19BrN2O2. The Bertz CT molecular complexity index is 388. The van der Waals surface area contributed by atoms with Crippen LogP contribution >= 0.6 is 15.9 Å². The number of aliphatic hydroxyl groups is 1. The highest BCUT2D eigenvalue weighted by atomic mass is 79.9. The minimum atomic E-state index is -0.0402. The van der Waals surface area contributed by atoms with Crippen LogP contribution in [-0.2, 0) is 6.54 Å². The van der Waals surface area contributed by atoms with Gasteiger partial charge in [-0.15, -0.1) is 0 Å². The second kappa shape index (κ2) is 6.21. The van der Waals surface area contributed by atoms with E-state index in [0.717, 1.165) is 11.0 Å². The van der Waals surface area contributed by atoms with Crippen LogP contribution in [0.25, 0.3) is 0 Å². The molecule has 4 nitrogen and oxygen atoms in total. The molecule has 96 valence electrons. The molecule has 0 aliphatic carbocycles. The Kier molecular flexibility index (Phi) is 5.21. The summed E-state index contributed by atoms with van der Waals surface area (Å²) >= 11 is 3.38. The number of halogens is 1. The lowest BCUT2D eigenvalue weighted by Gasteiger charge is -2.26. The molecule has 0 aliphatic rings. The molecule has 5 heteroatoms. The van der Waals surface area contributed by atoms with Gasteiger partial charge in [0.2, 0.25) is 0 Å². The minimum Gasteiger partial charge on any atom is -0.395 e. The van der Waals surface area contributed by atoms with Crippen LogP contribution in [0.4, 0.5) is 0 Å². The first kappa shape index (κ1) is 14.3. The fraction of sp³-hybridized carbons (Fsp3) is 0.583. The first-order valence-electron chi connectivity index (χ1n) is 5.78. The van der Waals surface area contributed by atoms with Gasteiger partial charge in [0.25, 0.3) is 5.91 Å². The molecule has 0 aromatic carbocycles. The molecule has 0 spiro atoms. The van der Waals surface area contributed by atoms with Crippen molar-refractivity contribution >= 4 is 21.8 Å². The molecular weight excluding hydrogens is 284 g/mol. The SMILES string of the molecule is CCn1cc(Br)cc1C(=O)N(CCO)C(C)C. The molecule has 0 bridgehead atoms. The Hall–Kier alpha value is -0.810. The van der Waals surface area contributed by atoms with Gasteiger partial charge in [0, 0.05) is 29.8 Å². The van der Waals surface area contributed by atoms with Crippen molar-refractivity contribution in [2.45, 2.75) is 33.4 Å². The third-order valence-electron chi connectivity index (χ3n) is 2.65. The average Bonchev–Trinajstić information content (AvgIpc) is 2.66. The first-order chi connectivity index (χ1) is 8.01. The van der Waals surface area contributed by atoms with E-state index < -0.39 is 0 Å². The van der Waals surface area contributed by atoms with Crippen LogP contribution in [-0.4, -0.2) is 39.7 Å². The van der Waals surface area contributed by atoms with E-state index in [4.69, 9.17) is 5.11 Å². The Morgan fingerprint density at radius 1 is 1.59 bits per heavy atom.